The van der Waals surface area contributed by atoms with E-state index in [-0.39, 0.29) is 0 Å². The van der Waals surface area contributed by atoms with E-state index in [2.05, 4.69) is 10.3 Å². The highest BCUT2D eigenvalue weighted by Crippen LogP contribution is 2.22. The summed E-state index contributed by atoms with van der Waals surface area (Å²) in [6.45, 7) is 0. The first-order valence-corrected chi connectivity index (χ1v) is 3.70. The van der Waals surface area contributed by atoms with E-state index in [1.807, 2.05) is 12.1 Å². The summed E-state index contributed by atoms with van der Waals surface area (Å²) in [4.78, 5) is 14.6. The van der Waals surface area contributed by atoms with Crippen LogP contribution in [0.4, 0.5) is 5.82 Å². The van der Waals surface area contributed by atoms with E-state index in [4.69, 9.17) is 5.11 Å². The van der Waals surface area contributed by atoms with Crippen molar-refractivity contribution in [3.8, 4) is 0 Å². The van der Waals surface area contributed by atoms with Gasteiger partial charge < -0.3 is 10.4 Å². The second-order valence-electron chi connectivity index (χ2n) is 2.75. The van der Waals surface area contributed by atoms with E-state index in [1.54, 1.807) is 6.20 Å². The van der Waals surface area contributed by atoms with Gasteiger partial charge in [0.2, 0.25) is 0 Å². The number of rotatable bonds is 1. The van der Waals surface area contributed by atoms with Crippen molar-refractivity contribution < 1.29 is 9.90 Å². The van der Waals surface area contributed by atoms with Crippen LogP contribution in [-0.4, -0.2) is 22.1 Å². The third-order valence-electron chi connectivity index (χ3n) is 1.92. The van der Waals surface area contributed by atoms with E-state index in [0.29, 0.717) is 12.2 Å². The normalized spacial score (nSPS) is 19.8. The molecule has 0 saturated heterocycles. The quantitative estimate of drug-likeness (QED) is 0.634. The lowest BCUT2D eigenvalue weighted by atomic mass is 10.1. The van der Waals surface area contributed by atoms with Crippen LogP contribution < -0.4 is 5.32 Å². The molecule has 12 heavy (non-hydrogen) atoms. The fourth-order valence-corrected chi connectivity index (χ4v) is 1.32. The summed E-state index contributed by atoms with van der Waals surface area (Å²) >= 11 is 0. The molecule has 0 amide bonds. The molecule has 4 heteroatoms. The molecule has 2 rings (SSSR count). The summed E-state index contributed by atoms with van der Waals surface area (Å²) in [5, 5.41) is 11.5. The summed E-state index contributed by atoms with van der Waals surface area (Å²) in [5.41, 5.74) is 0.977. The molecule has 62 valence electrons. The van der Waals surface area contributed by atoms with Gasteiger partial charge >= 0.3 is 5.97 Å². The van der Waals surface area contributed by atoms with Gasteiger partial charge in [0.05, 0.1) is 0 Å². The second kappa shape index (κ2) is 2.48. The van der Waals surface area contributed by atoms with Crippen molar-refractivity contribution >= 4 is 11.8 Å². The maximum atomic E-state index is 10.6. The van der Waals surface area contributed by atoms with Crippen molar-refractivity contribution in [1.82, 2.24) is 4.98 Å². The molecule has 2 N–H and O–H groups in total. The molecule has 0 radical (unpaired) electrons. The van der Waals surface area contributed by atoms with Crippen molar-refractivity contribution in [2.75, 3.05) is 5.32 Å². The van der Waals surface area contributed by atoms with Crippen LogP contribution in [0.2, 0.25) is 0 Å². The SMILES string of the molecule is O=C(O)C1Cc2cccnc2N1. The first-order valence-electron chi connectivity index (χ1n) is 3.70. The molecular formula is C8H8N2O2. The lowest BCUT2D eigenvalue weighted by molar-refractivity contribution is -0.137. The minimum absolute atomic E-state index is 0.505. The monoisotopic (exact) mass is 164 g/mol. The molecule has 1 atom stereocenters. The van der Waals surface area contributed by atoms with Crippen molar-refractivity contribution in [1.29, 1.82) is 0 Å². The molecule has 0 bridgehead atoms. The Morgan fingerprint density at radius 2 is 2.58 bits per heavy atom. The molecule has 1 aliphatic heterocycles. The first kappa shape index (κ1) is 7.09. The third kappa shape index (κ3) is 1.01. The van der Waals surface area contributed by atoms with Crippen LogP contribution in [0, 0.1) is 0 Å². The zero-order chi connectivity index (χ0) is 8.55. The number of carboxylic acid groups (broad SMARTS) is 1. The Morgan fingerprint density at radius 1 is 1.75 bits per heavy atom. The number of aliphatic carboxylic acids is 1. The number of fused-ring (bicyclic) bond motifs is 1. The summed E-state index contributed by atoms with van der Waals surface area (Å²) in [7, 11) is 0. The van der Waals surface area contributed by atoms with Gasteiger partial charge in [0.1, 0.15) is 11.9 Å². The van der Waals surface area contributed by atoms with Gasteiger partial charge in [0, 0.05) is 12.6 Å². The fraction of sp³-hybridized carbons (Fsp3) is 0.250. The summed E-state index contributed by atoms with van der Waals surface area (Å²) in [6.07, 6.45) is 2.18. The van der Waals surface area contributed by atoms with Gasteiger partial charge in [-0.2, -0.15) is 0 Å². The Kier molecular flexibility index (Phi) is 1.46. The number of hydrogen-bond donors (Lipinski definition) is 2. The highest BCUT2D eigenvalue weighted by molar-refractivity contribution is 5.80. The second-order valence-corrected chi connectivity index (χ2v) is 2.75. The summed E-state index contributed by atoms with van der Waals surface area (Å²) in [6, 6.07) is 3.19. The summed E-state index contributed by atoms with van der Waals surface area (Å²) in [5.74, 6) is -0.127. The van der Waals surface area contributed by atoms with Gasteiger partial charge in [-0.3, -0.25) is 0 Å². The van der Waals surface area contributed by atoms with E-state index in [0.717, 1.165) is 5.56 Å². The Balaban J connectivity index is 2.27. The van der Waals surface area contributed by atoms with Crippen LogP contribution in [0.5, 0.6) is 0 Å². The Morgan fingerprint density at radius 3 is 3.25 bits per heavy atom. The number of hydrogen-bond acceptors (Lipinski definition) is 3. The highest BCUT2D eigenvalue weighted by atomic mass is 16.4. The van der Waals surface area contributed by atoms with Crippen LogP contribution in [0.1, 0.15) is 5.56 Å². The number of carboxylic acids is 1. The predicted octanol–water partition coefficient (Wildman–Crippen LogP) is 0.503. The molecule has 1 aromatic rings. The standard InChI is InChI=1S/C8H8N2O2/c11-8(12)6-4-5-2-1-3-9-7(5)10-6/h1-3,6H,4H2,(H,9,10)(H,11,12). The van der Waals surface area contributed by atoms with Crippen LogP contribution in [0.3, 0.4) is 0 Å². The zero-order valence-electron chi connectivity index (χ0n) is 6.32. The van der Waals surface area contributed by atoms with Crippen molar-refractivity contribution in [2.24, 2.45) is 0 Å². The predicted molar refractivity (Wildman–Crippen MR) is 43.0 cm³/mol. The third-order valence-corrected chi connectivity index (χ3v) is 1.92. The largest absolute Gasteiger partial charge is 0.480 e. The molecule has 1 aromatic heterocycles. The average Bonchev–Trinajstić information content (AvgIpc) is 2.46. The Bertz CT molecular complexity index is 300. The average molecular weight is 164 g/mol. The van der Waals surface area contributed by atoms with Gasteiger partial charge in [-0.05, 0) is 11.6 Å². The molecule has 0 fully saturated rings. The fourth-order valence-electron chi connectivity index (χ4n) is 1.32. The van der Waals surface area contributed by atoms with Crippen molar-refractivity contribution in [3.63, 3.8) is 0 Å². The zero-order valence-corrected chi connectivity index (χ0v) is 6.32. The minimum Gasteiger partial charge on any atom is -0.480 e. The number of carbonyl (C=O) groups is 1. The number of pyridine rings is 1. The molecule has 0 spiro atoms. The molecule has 4 nitrogen and oxygen atoms in total. The molecular weight excluding hydrogens is 156 g/mol. The molecule has 0 aliphatic carbocycles. The first-order chi connectivity index (χ1) is 5.77. The molecule has 0 saturated carbocycles. The number of nitrogens with one attached hydrogen (secondary N) is 1. The van der Waals surface area contributed by atoms with Crippen LogP contribution in [0.15, 0.2) is 18.3 Å². The molecule has 0 aromatic carbocycles. The maximum Gasteiger partial charge on any atom is 0.326 e. The number of nitrogens with zero attached hydrogens (tertiary/aromatic N) is 1. The van der Waals surface area contributed by atoms with Gasteiger partial charge in [-0.1, -0.05) is 6.07 Å². The highest BCUT2D eigenvalue weighted by Gasteiger charge is 2.26. The van der Waals surface area contributed by atoms with E-state index < -0.39 is 12.0 Å². The smallest absolute Gasteiger partial charge is 0.326 e. The number of aromatic nitrogens is 1. The van der Waals surface area contributed by atoms with E-state index in [1.165, 1.54) is 0 Å². The Labute approximate surface area is 69.2 Å². The van der Waals surface area contributed by atoms with E-state index >= 15 is 0 Å². The molecule has 1 unspecified atom stereocenters. The van der Waals surface area contributed by atoms with Gasteiger partial charge in [0.25, 0.3) is 0 Å². The van der Waals surface area contributed by atoms with E-state index in [9.17, 15) is 4.79 Å². The van der Waals surface area contributed by atoms with Crippen LogP contribution in [0.25, 0.3) is 0 Å². The van der Waals surface area contributed by atoms with Crippen LogP contribution >= 0.6 is 0 Å². The van der Waals surface area contributed by atoms with Gasteiger partial charge in [-0.15, -0.1) is 0 Å². The molecule has 1 aliphatic rings. The van der Waals surface area contributed by atoms with Crippen LogP contribution in [-0.2, 0) is 11.2 Å². The van der Waals surface area contributed by atoms with Crippen molar-refractivity contribution in [2.45, 2.75) is 12.5 Å². The van der Waals surface area contributed by atoms with Gasteiger partial charge in [-0.25, -0.2) is 9.78 Å². The minimum atomic E-state index is -0.826. The lowest BCUT2D eigenvalue weighted by Gasteiger charge is -2.02. The Hall–Kier alpha value is -1.58. The maximum absolute atomic E-state index is 10.6. The topological polar surface area (TPSA) is 62.2 Å². The molecule has 2 heterocycles. The lowest BCUT2D eigenvalue weighted by Crippen LogP contribution is -2.26. The number of anilines is 1. The van der Waals surface area contributed by atoms with Crippen molar-refractivity contribution in [3.05, 3.63) is 23.9 Å². The summed E-state index contributed by atoms with van der Waals surface area (Å²) < 4.78 is 0. The van der Waals surface area contributed by atoms with Gasteiger partial charge in [0.15, 0.2) is 0 Å².